The minimum absolute atomic E-state index is 0.00999. The molecule has 2 amide bonds. The van der Waals surface area contributed by atoms with Gasteiger partial charge < -0.3 is 15.3 Å². The van der Waals surface area contributed by atoms with Gasteiger partial charge in [0.15, 0.2) is 0 Å². The molecular weight excluding hydrogens is 450 g/mol. The summed E-state index contributed by atoms with van der Waals surface area (Å²) in [7, 11) is 1.61. The van der Waals surface area contributed by atoms with Crippen molar-refractivity contribution in [2.24, 2.45) is 0 Å². The molecule has 0 radical (unpaired) electrons. The molecule has 0 saturated carbocycles. The first-order valence-corrected chi connectivity index (χ1v) is 12.9. The van der Waals surface area contributed by atoms with Gasteiger partial charge in [-0.15, -0.1) is 0 Å². The summed E-state index contributed by atoms with van der Waals surface area (Å²) in [5.41, 5.74) is 2.21. The lowest BCUT2D eigenvalue weighted by Crippen LogP contribution is -2.51. The van der Waals surface area contributed by atoms with Crippen LogP contribution in [0.25, 0.3) is 10.8 Å². The van der Waals surface area contributed by atoms with Crippen LogP contribution in [0.1, 0.15) is 55.8 Å². The van der Waals surface area contributed by atoms with Gasteiger partial charge in [-0.05, 0) is 60.2 Å². The highest BCUT2D eigenvalue weighted by molar-refractivity contribution is 6.10. The maximum absolute atomic E-state index is 13.8. The predicted octanol–water partition coefficient (Wildman–Crippen LogP) is 4.01. The molecule has 6 rings (SSSR count). The van der Waals surface area contributed by atoms with Gasteiger partial charge in [-0.1, -0.05) is 54.6 Å². The van der Waals surface area contributed by atoms with E-state index >= 15 is 0 Å². The van der Waals surface area contributed by atoms with E-state index in [1.54, 1.807) is 7.05 Å². The molecule has 186 valence electrons. The fourth-order valence-electron chi connectivity index (χ4n) is 7.01. The molecule has 3 aliphatic rings. The van der Waals surface area contributed by atoms with Crippen LogP contribution in [0, 0.1) is 0 Å². The molecule has 36 heavy (non-hydrogen) atoms. The van der Waals surface area contributed by atoms with E-state index in [1.807, 2.05) is 55.1 Å². The number of nitrogens with one attached hydrogen (secondary N) is 1. The van der Waals surface area contributed by atoms with Crippen molar-refractivity contribution in [3.63, 3.8) is 0 Å². The highest BCUT2D eigenvalue weighted by atomic mass is 16.3. The first kappa shape index (κ1) is 23.2. The van der Waals surface area contributed by atoms with Crippen molar-refractivity contribution >= 4 is 28.3 Å². The summed E-state index contributed by atoms with van der Waals surface area (Å²) >= 11 is 0. The number of carbonyl (C=O) groups excluding carboxylic acids is 2. The third kappa shape index (κ3) is 3.17. The molecule has 1 aliphatic carbocycles. The summed E-state index contributed by atoms with van der Waals surface area (Å²) in [6.07, 6.45) is 1.77. The second kappa shape index (κ2) is 8.15. The summed E-state index contributed by atoms with van der Waals surface area (Å²) < 4.78 is 0. The number of aliphatic hydroxyl groups is 1. The van der Waals surface area contributed by atoms with Crippen molar-refractivity contribution in [2.75, 3.05) is 25.0 Å². The van der Waals surface area contributed by atoms with Gasteiger partial charge in [-0.25, -0.2) is 0 Å². The van der Waals surface area contributed by atoms with E-state index in [4.69, 9.17) is 0 Å². The third-order valence-corrected chi connectivity index (χ3v) is 8.78. The van der Waals surface area contributed by atoms with E-state index < -0.39 is 11.0 Å². The fourth-order valence-corrected chi connectivity index (χ4v) is 7.01. The van der Waals surface area contributed by atoms with E-state index in [0.29, 0.717) is 0 Å². The standard InChI is InChI=1S/C30H33N3O3/c1-29(18-25(34)31-3)22-11-4-5-13-24(22)33(28(29)35)20-14-16-32(17-15-20)27-21-10-6-8-19-9-7-12-23(26(19)21)30(27,2)36/h4-13,20,27,36H,14-18H2,1-3H3,(H,31,34)/t27-,29?,30-/m0/s1. The number of amides is 2. The number of likely N-dealkylation sites (tertiary alicyclic amines) is 1. The zero-order valence-corrected chi connectivity index (χ0v) is 21.1. The van der Waals surface area contributed by atoms with Crippen LogP contribution in [0.4, 0.5) is 5.69 Å². The molecule has 6 nitrogen and oxygen atoms in total. The third-order valence-electron chi connectivity index (χ3n) is 8.78. The Bertz CT molecular complexity index is 1370. The second-order valence-electron chi connectivity index (χ2n) is 10.9. The van der Waals surface area contributed by atoms with Crippen molar-refractivity contribution in [1.82, 2.24) is 10.2 Å². The number of hydrogen-bond donors (Lipinski definition) is 2. The van der Waals surface area contributed by atoms with Crippen LogP contribution < -0.4 is 10.2 Å². The Balaban J connectivity index is 1.27. The van der Waals surface area contributed by atoms with Crippen LogP contribution in [0.15, 0.2) is 60.7 Å². The molecule has 3 atom stereocenters. The van der Waals surface area contributed by atoms with Gasteiger partial charge in [0.2, 0.25) is 11.8 Å². The van der Waals surface area contributed by atoms with Crippen LogP contribution in [0.5, 0.6) is 0 Å². The van der Waals surface area contributed by atoms with E-state index in [2.05, 4.69) is 34.5 Å². The molecule has 6 heteroatoms. The Morgan fingerprint density at radius 1 is 1.00 bits per heavy atom. The van der Waals surface area contributed by atoms with Gasteiger partial charge in [0, 0.05) is 38.3 Å². The Morgan fingerprint density at radius 2 is 1.67 bits per heavy atom. The minimum Gasteiger partial charge on any atom is -0.383 e. The number of nitrogens with zero attached hydrogens (tertiary/aromatic N) is 2. The van der Waals surface area contributed by atoms with Crippen molar-refractivity contribution in [3.8, 4) is 0 Å². The Morgan fingerprint density at radius 3 is 2.39 bits per heavy atom. The van der Waals surface area contributed by atoms with Gasteiger partial charge in [-0.2, -0.15) is 0 Å². The summed E-state index contributed by atoms with van der Waals surface area (Å²) in [5.74, 6) is -0.120. The van der Waals surface area contributed by atoms with Crippen LogP contribution in [0.2, 0.25) is 0 Å². The molecule has 0 bridgehead atoms. The maximum atomic E-state index is 13.8. The van der Waals surface area contributed by atoms with E-state index in [9.17, 15) is 14.7 Å². The van der Waals surface area contributed by atoms with Crippen LogP contribution in [-0.2, 0) is 20.6 Å². The molecule has 2 N–H and O–H groups in total. The van der Waals surface area contributed by atoms with Crippen molar-refractivity contribution in [2.45, 2.75) is 56.2 Å². The average molecular weight is 484 g/mol. The van der Waals surface area contributed by atoms with E-state index in [1.165, 1.54) is 10.9 Å². The van der Waals surface area contributed by atoms with Crippen molar-refractivity contribution in [3.05, 3.63) is 77.4 Å². The second-order valence-corrected chi connectivity index (χ2v) is 10.9. The number of rotatable bonds is 4. The van der Waals surface area contributed by atoms with Crippen molar-refractivity contribution in [1.29, 1.82) is 0 Å². The lowest BCUT2D eigenvalue weighted by atomic mass is 9.80. The number of anilines is 1. The van der Waals surface area contributed by atoms with Gasteiger partial charge in [0.05, 0.1) is 11.5 Å². The molecular formula is C30H33N3O3. The van der Waals surface area contributed by atoms with Gasteiger partial charge in [-0.3, -0.25) is 14.5 Å². The molecule has 3 aromatic carbocycles. The molecule has 2 heterocycles. The minimum atomic E-state index is -0.974. The van der Waals surface area contributed by atoms with Crippen LogP contribution in [0.3, 0.4) is 0 Å². The maximum Gasteiger partial charge on any atom is 0.238 e. The van der Waals surface area contributed by atoms with Gasteiger partial charge in [0.25, 0.3) is 0 Å². The molecule has 1 saturated heterocycles. The monoisotopic (exact) mass is 483 g/mol. The zero-order valence-electron chi connectivity index (χ0n) is 21.1. The van der Waals surface area contributed by atoms with E-state index in [0.717, 1.165) is 48.1 Å². The largest absolute Gasteiger partial charge is 0.383 e. The molecule has 1 fully saturated rings. The number of piperidine rings is 1. The number of para-hydroxylation sites is 1. The van der Waals surface area contributed by atoms with Crippen LogP contribution >= 0.6 is 0 Å². The summed E-state index contributed by atoms with van der Waals surface area (Å²) in [6, 6.07) is 20.4. The predicted molar refractivity (Wildman–Crippen MR) is 141 cm³/mol. The zero-order chi connectivity index (χ0) is 25.2. The average Bonchev–Trinajstić information content (AvgIpc) is 3.25. The van der Waals surface area contributed by atoms with E-state index in [-0.39, 0.29) is 30.3 Å². The molecule has 0 spiro atoms. The summed E-state index contributed by atoms with van der Waals surface area (Å²) in [6.45, 7) is 5.40. The van der Waals surface area contributed by atoms with Crippen molar-refractivity contribution < 1.29 is 14.7 Å². The summed E-state index contributed by atoms with van der Waals surface area (Å²) in [4.78, 5) is 30.5. The number of benzene rings is 3. The molecule has 1 unspecified atom stereocenters. The quantitative estimate of drug-likeness (QED) is 0.588. The SMILES string of the molecule is CNC(=O)CC1(C)C(=O)N(C2CCN([C@H]3c4cccc5cccc(c45)[C@]3(C)O)CC2)c2ccccc21. The highest BCUT2D eigenvalue weighted by Crippen LogP contribution is 2.52. The van der Waals surface area contributed by atoms with Gasteiger partial charge in [0.1, 0.15) is 5.60 Å². The lowest BCUT2D eigenvalue weighted by molar-refractivity contribution is -0.129. The fraction of sp³-hybridized carbons (Fsp3) is 0.400. The first-order valence-electron chi connectivity index (χ1n) is 12.9. The molecule has 0 aromatic heterocycles. The number of hydrogen-bond acceptors (Lipinski definition) is 4. The molecule has 3 aromatic rings. The number of fused-ring (bicyclic) bond motifs is 1. The first-order chi connectivity index (χ1) is 17.3. The Labute approximate surface area is 211 Å². The normalized spacial score (nSPS) is 28.1. The lowest BCUT2D eigenvalue weighted by Gasteiger charge is -2.43. The molecule has 2 aliphatic heterocycles. The smallest absolute Gasteiger partial charge is 0.238 e. The van der Waals surface area contributed by atoms with Crippen LogP contribution in [-0.4, -0.2) is 48.0 Å². The Kier molecular flexibility index (Phi) is 5.25. The summed E-state index contributed by atoms with van der Waals surface area (Å²) in [5, 5.41) is 16.7. The topological polar surface area (TPSA) is 72.9 Å². The van der Waals surface area contributed by atoms with Gasteiger partial charge >= 0.3 is 0 Å². The Hall–Kier alpha value is -3.22. The highest BCUT2D eigenvalue weighted by Gasteiger charge is 2.52. The number of carbonyl (C=O) groups is 2.